The van der Waals surface area contributed by atoms with Crippen molar-refractivity contribution in [1.29, 1.82) is 0 Å². The van der Waals surface area contributed by atoms with Gasteiger partial charge in [-0.05, 0) is 22.9 Å². The predicted octanol–water partition coefficient (Wildman–Crippen LogP) is 4.61. The molecule has 2 aromatic carbocycles. The molecule has 1 amide bonds. The van der Waals surface area contributed by atoms with Crippen molar-refractivity contribution in [1.82, 2.24) is 4.90 Å². The van der Waals surface area contributed by atoms with Crippen molar-refractivity contribution in [3.8, 4) is 5.75 Å². The summed E-state index contributed by atoms with van der Waals surface area (Å²) >= 11 is 1.57. The Hall–Kier alpha value is -3.94. The van der Waals surface area contributed by atoms with Crippen LogP contribution in [-0.4, -0.2) is 75.0 Å². The monoisotopic (exact) mass is 576 g/mol. The Morgan fingerprint density at radius 3 is 2.55 bits per heavy atom. The molecule has 0 radical (unpaired) electrons. The minimum Gasteiger partial charge on any atom is -0.484 e. The first kappa shape index (κ1) is 30.6. The Bertz CT molecular complexity index is 1230. The van der Waals surface area contributed by atoms with E-state index in [0.717, 1.165) is 21.4 Å². The van der Waals surface area contributed by atoms with Gasteiger partial charge in [0.25, 0.3) is 5.09 Å². The molecule has 0 bridgehead atoms. The van der Waals surface area contributed by atoms with Gasteiger partial charge in [0.05, 0.1) is 13.2 Å². The molecule has 1 unspecified atom stereocenters. The average molecular weight is 577 g/mol. The van der Waals surface area contributed by atoms with Crippen LogP contribution in [0.4, 0.5) is 4.79 Å². The highest BCUT2D eigenvalue weighted by Gasteiger charge is 2.22. The number of benzene rings is 2. The summed E-state index contributed by atoms with van der Waals surface area (Å²) in [7, 11) is 2.92. The van der Waals surface area contributed by atoms with E-state index in [1.54, 1.807) is 18.4 Å². The molecule has 0 saturated carbocycles. The van der Waals surface area contributed by atoms with Crippen LogP contribution in [0.1, 0.15) is 24.3 Å². The molecule has 40 heavy (non-hydrogen) atoms. The quantitative estimate of drug-likeness (QED) is 0.103. The standard InChI is InChI=1S/C27H32N2O10S/c1-19(36-26(30)18-35-17-21(16-34-3)39-29(32)33)37-27(31)28(2)14-13-24(25-12-7-15-40-25)38-23-11-6-9-20-8-4-5-10-22(20)23/h4-12,15,19,21,24H,13-14,16-18H2,1-3H3/t19?,21-,24+/m1/s1. The lowest BCUT2D eigenvalue weighted by Crippen LogP contribution is -2.34. The van der Waals surface area contributed by atoms with Crippen LogP contribution in [-0.2, 0) is 28.6 Å². The van der Waals surface area contributed by atoms with Crippen LogP contribution >= 0.6 is 11.3 Å². The van der Waals surface area contributed by atoms with Gasteiger partial charge < -0.3 is 33.4 Å². The molecule has 0 aliphatic carbocycles. The molecule has 3 atom stereocenters. The van der Waals surface area contributed by atoms with Crippen LogP contribution in [0.5, 0.6) is 5.75 Å². The lowest BCUT2D eigenvalue weighted by atomic mass is 10.1. The molecule has 0 fully saturated rings. The number of carbonyl (C=O) groups excluding carboxylic acids is 2. The molecule has 0 N–H and O–H groups in total. The molecule has 0 aliphatic heterocycles. The van der Waals surface area contributed by atoms with Crippen LogP contribution in [0, 0.1) is 10.1 Å². The molecule has 1 heterocycles. The third kappa shape index (κ3) is 9.67. The first-order valence-electron chi connectivity index (χ1n) is 12.4. The fourth-order valence-electron chi connectivity index (χ4n) is 3.75. The van der Waals surface area contributed by atoms with E-state index < -0.39 is 36.2 Å². The molecule has 216 valence electrons. The van der Waals surface area contributed by atoms with Gasteiger partial charge in [0.15, 0.2) is 6.10 Å². The SMILES string of the molecule is COC[C@H](COCC(=O)OC(C)OC(=O)N(C)CC[C@H](Oc1cccc2ccccc12)c1cccs1)O[N+](=O)[O-]. The number of hydrogen-bond donors (Lipinski definition) is 0. The van der Waals surface area contributed by atoms with Crippen molar-refractivity contribution < 1.29 is 43.2 Å². The van der Waals surface area contributed by atoms with Crippen molar-refractivity contribution >= 4 is 34.2 Å². The predicted molar refractivity (Wildman–Crippen MR) is 145 cm³/mol. The fourth-order valence-corrected chi connectivity index (χ4v) is 4.54. The lowest BCUT2D eigenvalue weighted by molar-refractivity contribution is -0.769. The highest BCUT2D eigenvalue weighted by molar-refractivity contribution is 7.10. The zero-order valence-corrected chi connectivity index (χ0v) is 23.2. The maximum Gasteiger partial charge on any atom is 0.412 e. The molecule has 0 aliphatic rings. The Morgan fingerprint density at radius 2 is 1.82 bits per heavy atom. The molecular formula is C27H32N2O10S. The summed E-state index contributed by atoms with van der Waals surface area (Å²) in [4.78, 5) is 41.9. The Balaban J connectivity index is 1.47. The Labute approximate surface area is 235 Å². The van der Waals surface area contributed by atoms with Gasteiger partial charge in [0, 0.05) is 44.3 Å². The van der Waals surface area contributed by atoms with Crippen LogP contribution in [0.2, 0.25) is 0 Å². The summed E-state index contributed by atoms with van der Waals surface area (Å²) in [6.45, 7) is 0.815. The second kappa shape index (κ2) is 15.6. The van der Waals surface area contributed by atoms with Crippen molar-refractivity contribution in [3.63, 3.8) is 0 Å². The molecule has 1 aromatic heterocycles. The van der Waals surface area contributed by atoms with E-state index in [9.17, 15) is 19.7 Å². The number of amides is 1. The van der Waals surface area contributed by atoms with Gasteiger partial charge in [-0.15, -0.1) is 21.5 Å². The number of esters is 1. The largest absolute Gasteiger partial charge is 0.484 e. The third-order valence-corrected chi connectivity index (χ3v) is 6.56. The zero-order chi connectivity index (χ0) is 28.9. The van der Waals surface area contributed by atoms with E-state index in [1.165, 1.54) is 18.9 Å². The first-order valence-corrected chi connectivity index (χ1v) is 13.3. The summed E-state index contributed by atoms with van der Waals surface area (Å²) in [5.74, 6) is -0.0653. The van der Waals surface area contributed by atoms with Crippen molar-refractivity contribution in [2.75, 3.05) is 40.5 Å². The molecule has 13 heteroatoms. The summed E-state index contributed by atoms with van der Waals surface area (Å²) in [6, 6.07) is 17.8. The van der Waals surface area contributed by atoms with E-state index in [0.29, 0.717) is 13.0 Å². The van der Waals surface area contributed by atoms with Gasteiger partial charge in [0.2, 0.25) is 6.29 Å². The molecule has 3 rings (SSSR count). The highest BCUT2D eigenvalue weighted by Crippen LogP contribution is 2.33. The Kier molecular flexibility index (Phi) is 11.9. The number of methoxy groups -OCH3 is 1. The van der Waals surface area contributed by atoms with E-state index in [1.807, 2.05) is 60.0 Å². The van der Waals surface area contributed by atoms with Gasteiger partial charge in [-0.2, -0.15) is 0 Å². The van der Waals surface area contributed by atoms with Crippen LogP contribution in [0.25, 0.3) is 10.8 Å². The molecule has 12 nitrogen and oxygen atoms in total. The summed E-state index contributed by atoms with van der Waals surface area (Å²) in [5.41, 5.74) is 0. The second-order valence-electron chi connectivity index (χ2n) is 8.67. The van der Waals surface area contributed by atoms with Crippen molar-refractivity contribution in [2.45, 2.75) is 31.8 Å². The van der Waals surface area contributed by atoms with E-state index >= 15 is 0 Å². The topological polar surface area (TPSA) is 136 Å². The Morgan fingerprint density at radius 1 is 1.05 bits per heavy atom. The highest BCUT2D eigenvalue weighted by atomic mass is 32.1. The van der Waals surface area contributed by atoms with E-state index in [-0.39, 0.29) is 19.3 Å². The van der Waals surface area contributed by atoms with Crippen molar-refractivity contribution in [2.24, 2.45) is 0 Å². The molecule has 0 saturated heterocycles. The molecule has 3 aromatic rings. The van der Waals surface area contributed by atoms with Crippen LogP contribution in [0.15, 0.2) is 60.0 Å². The van der Waals surface area contributed by atoms with E-state index in [4.69, 9.17) is 23.7 Å². The maximum atomic E-state index is 12.6. The minimum absolute atomic E-state index is 0.100. The van der Waals surface area contributed by atoms with Crippen LogP contribution < -0.4 is 4.74 Å². The van der Waals surface area contributed by atoms with Gasteiger partial charge in [-0.3, -0.25) is 0 Å². The van der Waals surface area contributed by atoms with Gasteiger partial charge in [0.1, 0.15) is 18.5 Å². The number of ether oxygens (including phenoxy) is 5. The molecule has 0 spiro atoms. The summed E-state index contributed by atoms with van der Waals surface area (Å²) in [6.07, 6.45) is -2.67. The van der Waals surface area contributed by atoms with Gasteiger partial charge in [-0.1, -0.05) is 42.5 Å². The number of hydrogen-bond acceptors (Lipinski definition) is 11. The van der Waals surface area contributed by atoms with Gasteiger partial charge in [-0.25, -0.2) is 9.59 Å². The zero-order valence-electron chi connectivity index (χ0n) is 22.4. The molecular weight excluding hydrogens is 544 g/mol. The van der Waals surface area contributed by atoms with E-state index in [2.05, 4.69) is 4.84 Å². The number of rotatable bonds is 16. The fraction of sp³-hybridized carbons (Fsp3) is 0.407. The number of carbonyl (C=O) groups is 2. The number of thiophene rings is 1. The normalized spacial score (nSPS) is 13.2. The van der Waals surface area contributed by atoms with Gasteiger partial charge >= 0.3 is 12.1 Å². The smallest absolute Gasteiger partial charge is 0.412 e. The third-order valence-electron chi connectivity index (χ3n) is 5.59. The number of fused-ring (bicyclic) bond motifs is 1. The van der Waals surface area contributed by atoms with Crippen LogP contribution in [0.3, 0.4) is 0 Å². The summed E-state index contributed by atoms with van der Waals surface area (Å²) < 4.78 is 26.6. The lowest BCUT2D eigenvalue weighted by Gasteiger charge is -2.24. The average Bonchev–Trinajstić information content (AvgIpc) is 3.45. The maximum absolute atomic E-state index is 12.6. The minimum atomic E-state index is -1.18. The number of nitrogens with zero attached hydrogens (tertiary/aromatic N) is 2. The summed E-state index contributed by atoms with van der Waals surface area (Å²) in [5, 5.41) is 13.5. The van der Waals surface area contributed by atoms with Crippen molar-refractivity contribution in [3.05, 3.63) is 75.0 Å². The first-order chi connectivity index (χ1) is 19.3. The second-order valence-corrected chi connectivity index (χ2v) is 9.65.